The van der Waals surface area contributed by atoms with Crippen molar-refractivity contribution in [1.29, 1.82) is 5.26 Å². The zero-order chi connectivity index (χ0) is 18.7. The van der Waals surface area contributed by atoms with Crippen molar-refractivity contribution in [3.8, 4) is 17.3 Å². The highest BCUT2D eigenvalue weighted by atomic mass is 35.5. The number of H-pyrrole nitrogens is 1. The van der Waals surface area contributed by atoms with Gasteiger partial charge >= 0.3 is 6.18 Å². The Hall–Kier alpha value is -3.11. The van der Waals surface area contributed by atoms with Gasteiger partial charge in [0.15, 0.2) is 5.69 Å². The highest BCUT2D eigenvalue weighted by Crippen LogP contribution is 2.30. The highest BCUT2D eigenvalue weighted by molar-refractivity contribution is 6.32. The molecule has 0 radical (unpaired) electrons. The number of hydrogen-bond acceptors (Lipinski definition) is 3. The van der Waals surface area contributed by atoms with Crippen molar-refractivity contribution in [3.63, 3.8) is 0 Å². The van der Waals surface area contributed by atoms with Gasteiger partial charge in [-0.15, -0.1) is 5.10 Å². The van der Waals surface area contributed by atoms with E-state index in [1.54, 1.807) is 30.3 Å². The average molecular weight is 375 g/mol. The van der Waals surface area contributed by atoms with Crippen LogP contribution in [0, 0.1) is 11.3 Å². The molecule has 0 bridgehead atoms. The minimum absolute atomic E-state index is 0.208. The molecule has 0 aliphatic heterocycles. The van der Waals surface area contributed by atoms with Crippen molar-refractivity contribution >= 4 is 23.8 Å². The summed E-state index contributed by atoms with van der Waals surface area (Å²) in [6.45, 7) is 0. The average Bonchev–Trinajstić information content (AvgIpc) is 3.09. The first-order chi connectivity index (χ1) is 12.4. The summed E-state index contributed by atoms with van der Waals surface area (Å²) in [7, 11) is 0. The van der Waals surface area contributed by atoms with Gasteiger partial charge in [0, 0.05) is 10.6 Å². The molecule has 26 heavy (non-hydrogen) atoms. The number of nitriles is 1. The number of halogens is 4. The number of alkyl halides is 3. The minimum atomic E-state index is -4.40. The van der Waals surface area contributed by atoms with Gasteiger partial charge in [-0.25, -0.2) is 5.10 Å². The Balaban J connectivity index is 1.94. The molecule has 1 aromatic heterocycles. The van der Waals surface area contributed by atoms with Gasteiger partial charge in [-0.3, -0.25) is 0 Å². The molecule has 1 N–H and O–H groups in total. The summed E-state index contributed by atoms with van der Waals surface area (Å²) in [6, 6.07) is 11.9. The van der Waals surface area contributed by atoms with E-state index in [1.807, 2.05) is 6.07 Å². The Morgan fingerprint density at radius 2 is 1.92 bits per heavy atom. The lowest BCUT2D eigenvalue weighted by Crippen LogP contribution is -2.04. The lowest BCUT2D eigenvalue weighted by Gasteiger charge is -2.07. The van der Waals surface area contributed by atoms with Crippen molar-refractivity contribution in [2.75, 3.05) is 0 Å². The van der Waals surface area contributed by atoms with Crippen LogP contribution in [-0.2, 0) is 6.18 Å². The van der Waals surface area contributed by atoms with Gasteiger partial charge in [-0.05, 0) is 35.4 Å². The molecule has 0 aliphatic carbocycles. The van der Waals surface area contributed by atoms with E-state index in [9.17, 15) is 13.2 Å². The van der Waals surface area contributed by atoms with Crippen LogP contribution in [0.15, 0.2) is 42.5 Å². The Morgan fingerprint density at radius 3 is 2.65 bits per heavy atom. The lowest BCUT2D eigenvalue weighted by atomic mass is 10.0. The first kappa shape index (κ1) is 17.7. The summed E-state index contributed by atoms with van der Waals surface area (Å²) in [5.74, 6) is 0. The second kappa shape index (κ2) is 7.02. The zero-order valence-electron chi connectivity index (χ0n) is 13.0. The van der Waals surface area contributed by atoms with Crippen LogP contribution in [0.3, 0.4) is 0 Å². The van der Waals surface area contributed by atoms with E-state index < -0.39 is 11.7 Å². The number of rotatable bonds is 3. The maximum absolute atomic E-state index is 12.8. The molecule has 0 atom stereocenters. The van der Waals surface area contributed by atoms with Crippen LogP contribution in [-0.4, -0.2) is 15.4 Å². The molecule has 3 rings (SSSR count). The molecule has 2 aromatic carbocycles. The molecule has 0 saturated heterocycles. The number of aromatic amines is 1. The second-order valence-corrected chi connectivity index (χ2v) is 5.75. The monoisotopic (exact) mass is 374 g/mol. The molecular formula is C18H10ClF3N4. The van der Waals surface area contributed by atoms with Gasteiger partial charge in [0.05, 0.1) is 5.56 Å². The quantitative estimate of drug-likeness (QED) is 0.642. The third-order valence-corrected chi connectivity index (χ3v) is 3.94. The number of nitrogens with zero attached hydrogens (tertiary/aromatic N) is 3. The summed E-state index contributed by atoms with van der Waals surface area (Å²) in [4.78, 5) is 0. The number of hydrogen-bond donors (Lipinski definition) is 1. The van der Waals surface area contributed by atoms with Gasteiger partial charge < -0.3 is 0 Å². The van der Waals surface area contributed by atoms with Gasteiger partial charge in [0.25, 0.3) is 0 Å². The van der Waals surface area contributed by atoms with Gasteiger partial charge in [0.1, 0.15) is 11.8 Å². The maximum atomic E-state index is 12.8. The molecule has 0 amide bonds. The molecule has 0 spiro atoms. The summed E-state index contributed by atoms with van der Waals surface area (Å²) in [5.41, 5.74) is 1.44. The Bertz CT molecular complexity index is 1020. The van der Waals surface area contributed by atoms with E-state index >= 15 is 0 Å². The van der Waals surface area contributed by atoms with E-state index in [1.165, 1.54) is 12.1 Å². The Labute approximate surface area is 151 Å². The molecule has 0 saturated carbocycles. The van der Waals surface area contributed by atoms with E-state index in [4.69, 9.17) is 16.9 Å². The summed E-state index contributed by atoms with van der Waals surface area (Å²) >= 11 is 6.16. The summed E-state index contributed by atoms with van der Waals surface area (Å²) in [6.07, 6.45) is -1.26. The molecule has 8 heteroatoms. The second-order valence-electron chi connectivity index (χ2n) is 5.34. The molecule has 130 valence electrons. The molecule has 4 nitrogen and oxygen atoms in total. The SMILES string of the molecule is N#Cc1[nH]nnc1-c1ccc(Cl)c(/C=C/c2cccc(C(F)(F)F)c2)c1. The maximum Gasteiger partial charge on any atom is 0.416 e. The summed E-state index contributed by atoms with van der Waals surface area (Å²) < 4.78 is 38.4. The van der Waals surface area contributed by atoms with Crippen molar-refractivity contribution in [2.45, 2.75) is 6.18 Å². The fourth-order valence-corrected chi connectivity index (χ4v) is 2.51. The normalized spacial score (nSPS) is 11.7. The topological polar surface area (TPSA) is 65.4 Å². The summed E-state index contributed by atoms with van der Waals surface area (Å²) in [5, 5.41) is 19.4. The first-order valence-electron chi connectivity index (χ1n) is 7.35. The van der Waals surface area contributed by atoms with E-state index in [-0.39, 0.29) is 5.69 Å². The van der Waals surface area contributed by atoms with E-state index in [0.29, 0.717) is 27.4 Å². The zero-order valence-corrected chi connectivity index (χ0v) is 13.8. The molecular weight excluding hydrogens is 365 g/mol. The lowest BCUT2D eigenvalue weighted by molar-refractivity contribution is -0.137. The van der Waals surface area contributed by atoms with Crippen LogP contribution in [0.2, 0.25) is 5.02 Å². The minimum Gasteiger partial charge on any atom is -0.247 e. The molecule has 3 aromatic rings. The van der Waals surface area contributed by atoms with Crippen molar-refractivity contribution in [2.24, 2.45) is 0 Å². The van der Waals surface area contributed by atoms with Crippen LogP contribution >= 0.6 is 11.6 Å². The number of benzene rings is 2. The van der Waals surface area contributed by atoms with Crippen LogP contribution in [0.5, 0.6) is 0 Å². The van der Waals surface area contributed by atoms with E-state index in [0.717, 1.165) is 12.1 Å². The van der Waals surface area contributed by atoms with Gasteiger partial charge in [-0.1, -0.05) is 47.2 Å². The molecule has 0 fully saturated rings. The third kappa shape index (κ3) is 3.76. The fourth-order valence-electron chi connectivity index (χ4n) is 2.33. The largest absolute Gasteiger partial charge is 0.416 e. The van der Waals surface area contributed by atoms with Gasteiger partial charge in [-0.2, -0.15) is 18.4 Å². The highest BCUT2D eigenvalue weighted by Gasteiger charge is 2.30. The third-order valence-electron chi connectivity index (χ3n) is 3.60. The predicted molar refractivity (Wildman–Crippen MR) is 91.9 cm³/mol. The van der Waals surface area contributed by atoms with Crippen LogP contribution in [0.4, 0.5) is 13.2 Å². The van der Waals surface area contributed by atoms with Crippen LogP contribution in [0.25, 0.3) is 23.4 Å². The number of aromatic nitrogens is 3. The standard InChI is InChI=1S/C18H10ClF3N4/c19-15-7-6-13(17-16(10-23)24-26-25-17)9-12(15)5-4-11-2-1-3-14(8-11)18(20,21)22/h1-9H,(H,24,25,26)/b5-4+. The van der Waals surface area contributed by atoms with Gasteiger partial charge in [0.2, 0.25) is 0 Å². The van der Waals surface area contributed by atoms with Crippen LogP contribution < -0.4 is 0 Å². The smallest absolute Gasteiger partial charge is 0.247 e. The van der Waals surface area contributed by atoms with E-state index in [2.05, 4.69) is 15.4 Å². The predicted octanol–water partition coefficient (Wildman–Crippen LogP) is 5.19. The van der Waals surface area contributed by atoms with Crippen LogP contribution in [0.1, 0.15) is 22.4 Å². The van der Waals surface area contributed by atoms with Crippen molar-refractivity contribution in [3.05, 3.63) is 69.9 Å². The number of nitrogens with one attached hydrogen (secondary N) is 1. The first-order valence-corrected chi connectivity index (χ1v) is 7.72. The molecule has 1 heterocycles. The Morgan fingerprint density at radius 1 is 1.12 bits per heavy atom. The van der Waals surface area contributed by atoms with Crippen molar-refractivity contribution < 1.29 is 13.2 Å². The fraction of sp³-hybridized carbons (Fsp3) is 0.0556. The molecule has 0 unspecified atom stereocenters. The van der Waals surface area contributed by atoms with Crippen molar-refractivity contribution in [1.82, 2.24) is 15.4 Å². The Kier molecular flexibility index (Phi) is 4.78. The molecule has 0 aliphatic rings.